The largest absolute Gasteiger partial charge is 0.384 e. The van der Waals surface area contributed by atoms with Crippen molar-refractivity contribution < 1.29 is 9.59 Å². The molecule has 1 aliphatic carbocycles. The maximum atomic E-state index is 13.1. The Bertz CT molecular complexity index is 1050. The standard InChI is InChI=1S/C27H26N2O2/c30-25-17-23(28-18-20-10-4-1-5-11-20)16-24(22-14-8-3-9-15-22)26(25)27(31)29-19-21-12-6-2-7-13-21/h1-15,17,24,26,28H,16,18-19H2,(H,29,31). The molecule has 0 radical (unpaired) electrons. The fourth-order valence-electron chi connectivity index (χ4n) is 4.03. The van der Waals surface area contributed by atoms with Crippen molar-refractivity contribution in [2.75, 3.05) is 0 Å². The lowest BCUT2D eigenvalue weighted by Gasteiger charge is -2.30. The zero-order valence-corrected chi connectivity index (χ0v) is 17.3. The van der Waals surface area contributed by atoms with E-state index < -0.39 is 5.92 Å². The van der Waals surface area contributed by atoms with Gasteiger partial charge in [0.05, 0.1) is 0 Å². The normalized spacial score (nSPS) is 18.2. The molecule has 0 aliphatic heterocycles. The van der Waals surface area contributed by atoms with Gasteiger partial charge in [0.15, 0.2) is 5.78 Å². The van der Waals surface area contributed by atoms with Crippen molar-refractivity contribution in [2.45, 2.75) is 25.4 Å². The predicted octanol–water partition coefficient (Wildman–Crippen LogP) is 4.35. The van der Waals surface area contributed by atoms with Gasteiger partial charge in [-0.3, -0.25) is 9.59 Å². The number of hydrogen-bond acceptors (Lipinski definition) is 3. The molecule has 1 amide bonds. The Kier molecular flexibility index (Phi) is 6.58. The molecule has 0 saturated heterocycles. The second kappa shape index (κ2) is 9.90. The van der Waals surface area contributed by atoms with Gasteiger partial charge in [0, 0.05) is 30.8 Å². The van der Waals surface area contributed by atoms with Gasteiger partial charge in [-0.25, -0.2) is 0 Å². The van der Waals surface area contributed by atoms with Gasteiger partial charge in [-0.1, -0.05) is 91.0 Å². The number of allylic oxidation sites excluding steroid dienone is 2. The first-order valence-electron chi connectivity index (χ1n) is 10.6. The molecule has 3 aromatic carbocycles. The Morgan fingerprint density at radius 2 is 1.32 bits per heavy atom. The molecule has 4 rings (SSSR count). The molecule has 3 aromatic rings. The van der Waals surface area contributed by atoms with Crippen LogP contribution in [0.2, 0.25) is 0 Å². The van der Waals surface area contributed by atoms with Gasteiger partial charge in [0.1, 0.15) is 5.92 Å². The summed E-state index contributed by atoms with van der Waals surface area (Å²) in [6.07, 6.45) is 2.22. The van der Waals surface area contributed by atoms with Crippen molar-refractivity contribution in [2.24, 2.45) is 5.92 Å². The predicted molar refractivity (Wildman–Crippen MR) is 122 cm³/mol. The summed E-state index contributed by atoms with van der Waals surface area (Å²) in [5.74, 6) is -1.30. The van der Waals surface area contributed by atoms with Gasteiger partial charge < -0.3 is 10.6 Å². The molecule has 4 heteroatoms. The maximum absolute atomic E-state index is 13.1. The molecule has 0 spiro atoms. The molecule has 2 N–H and O–H groups in total. The number of benzene rings is 3. The van der Waals surface area contributed by atoms with E-state index in [2.05, 4.69) is 10.6 Å². The van der Waals surface area contributed by atoms with Crippen molar-refractivity contribution in [3.8, 4) is 0 Å². The number of nitrogens with one attached hydrogen (secondary N) is 2. The average molecular weight is 411 g/mol. The van der Waals surface area contributed by atoms with Gasteiger partial charge in [-0.2, -0.15) is 0 Å². The van der Waals surface area contributed by atoms with Gasteiger partial charge in [-0.15, -0.1) is 0 Å². The molecule has 0 heterocycles. The molecular weight excluding hydrogens is 384 g/mol. The van der Waals surface area contributed by atoms with Crippen LogP contribution >= 0.6 is 0 Å². The lowest BCUT2D eigenvalue weighted by Crippen LogP contribution is -2.41. The zero-order chi connectivity index (χ0) is 21.5. The van der Waals surface area contributed by atoms with Crippen LogP contribution in [0.1, 0.15) is 29.0 Å². The van der Waals surface area contributed by atoms with E-state index in [1.165, 1.54) is 0 Å². The van der Waals surface area contributed by atoms with Gasteiger partial charge in [0.25, 0.3) is 0 Å². The van der Waals surface area contributed by atoms with E-state index in [0.717, 1.165) is 22.4 Å². The second-order valence-electron chi connectivity index (χ2n) is 7.81. The fraction of sp³-hybridized carbons (Fsp3) is 0.185. The molecular formula is C27H26N2O2. The number of hydrogen-bond donors (Lipinski definition) is 2. The van der Waals surface area contributed by atoms with E-state index >= 15 is 0 Å². The molecule has 0 bridgehead atoms. The van der Waals surface area contributed by atoms with E-state index in [4.69, 9.17) is 0 Å². The summed E-state index contributed by atoms with van der Waals surface area (Å²) < 4.78 is 0. The molecule has 0 saturated carbocycles. The Morgan fingerprint density at radius 1 is 0.774 bits per heavy atom. The van der Waals surface area contributed by atoms with Gasteiger partial charge in [-0.05, 0) is 23.1 Å². The van der Waals surface area contributed by atoms with Crippen LogP contribution in [0.25, 0.3) is 0 Å². The van der Waals surface area contributed by atoms with Crippen molar-refractivity contribution >= 4 is 11.7 Å². The van der Waals surface area contributed by atoms with Crippen LogP contribution in [-0.2, 0) is 22.7 Å². The van der Waals surface area contributed by atoms with Crippen LogP contribution in [0, 0.1) is 5.92 Å². The third kappa shape index (κ3) is 5.28. The topological polar surface area (TPSA) is 58.2 Å². The minimum absolute atomic E-state index is 0.152. The van der Waals surface area contributed by atoms with Crippen molar-refractivity contribution in [1.29, 1.82) is 0 Å². The lowest BCUT2D eigenvalue weighted by molar-refractivity contribution is -0.133. The number of amides is 1. The monoisotopic (exact) mass is 410 g/mol. The lowest BCUT2D eigenvalue weighted by atomic mass is 9.76. The summed E-state index contributed by atoms with van der Waals surface area (Å²) in [6, 6.07) is 29.7. The quantitative estimate of drug-likeness (QED) is 0.570. The SMILES string of the molecule is O=C1C=C(NCc2ccccc2)CC(c2ccccc2)C1C(=O)NCc1ccccc1. The maximum Gasteiger partial charge on any atom is 0.231 e. The smallest absolute Gasteiger partial charge is 0.231 e. The van der Waals surface area contributed by atoms with Crippen molar-refractivity contribution in [3.05, 3.63) is 119 Å². The molecule has 156 valence electrons. The van der Waals surface area contributed by atoms with Crippen molar-refractivity contribution in [1.82, 2.24) is 10.6 Å². The summed E-state index contributed by atoms with van der Waals surface area (Å²) >= 11 is 0. The minimum atomic E-state index is -0.728. The van der Waals surface area contributed by atoms with Crippen LogP contribution < -0.4 is 10.6 Å². The van der Waals surface area contributed by atoms with Gasteiger partial charge >= 0.3 is 0 Å². The number of ketones is 1. The van der Waals surface area contributed by atoms with E-state index in [1.54, 1.807) is 6.08 Å². The van der Waals surface area contributed by atoms with E-state index in [1.807, 2.05) is 91.0 Å². The van der Waals surface area contributed by atoms with Crippen LogP contribution in [-0.4, -0.2) is 11.7 Å². The Morgan fingerprint density at radius 3 is 1.94 bits per heavy atom. The van der Waals surface area contributed by atoms with Gasteiger partial charge in [0.2, 0.25) is 5.91 Å². The Hall–Kier alpha value is -3.66. The molecule has 31 heavy (non-hydrogen) atoms. The molecule has 4 nitrogen and oxygen atoms in total. The zero-order valence-electron chi connectivity index (χ0n) is 17.3. The highest BCUT2D eigenvalue weighted by atomic mass is 16.2. The molecule has 1 aliphatic rings. The van der Waals surface area contributed by atoms with Crippen LogP contribution in [0.3, 0.4) is 0 Å². The summed E-state index contributed by atoms with van der Waals surface area (Å²) in [5.41, 5.74) is 4.03. The Labute approximate surface area is 183 Å². The molecule has 2 atom stereocenters. The van der Waals surface area contributed by atoms with E-state index in [-0.39, 0.29) is 17.6 Å². The van der Waals surface area contributed by atoms with Crippen LogP contribution in [0.15, 0.2) is 103 Å². The first-order chi connectivity index (χ1) is 15.2. The highest BCUT2D eigenvalue weighted by Gasteiger charge is 2.38. The summed E-state index contributed by atoms with van der Waals surface area (Å²) in [7, 11) is 0. The molecule has 0 fully saturated rings. The highest BCUT2D eigenvalue weighted by Crippen LogP contribution is 2.35. The third-order valence-corrected chi connectivity index (χ3v) is 5.65. The summed E-state index contributed by atoms with van der Waals surface area (Å²) in [5, 5.41) is 6.36. The first-order valence-corrected chi connectivity index (χ1v) is 10.6. The van der Waals surface area contributed by atoms with Crippen LogP contribution in [0.5, 0.6) is 0 Å². The molecule has 2 unspecified atom stereocenters. The first kappa shape index (κ1) is 20.6. The van der Waals surface area contributed by atoms with E-state index in [0.29, 0.717) is 19.5 Å². The average Bonchev–Trinajstić information content (AvgIpc) is 2.83. The number of carbonyl (C=O) groups is 2. The number of rotatable bonds is 7. The minimum Gasteiger partial charge on any atom is -0.384 e. The fourth-order valence-corrected chi connectivity index (χ4v) is 4.03. The van der Waals surface area contributed by atoms with Crippen molar-refractivity contribution in [3.63, 3.8) is 0 Å². The number of carbonyl (C=O) groups excluding carboxylic acids is 2. The van der Waals surface area contributed by atoms with Crippen LogP contribution in [0.4, 0.5) is 0 Å². The second-order valence-corrected chi connectivity index (χ2v) is 7.81. The summed E-state index contributed by atoms with van der Waals surface area (Å²) in [4.78, 5) is 26.1. The summed E-state index contributed by atoms with van der Waals surface area (Å²) in [6.45, 7) is 1.06. The third-order valence-electron chi connectivity index (χ3n) is 5.65. The molecule has 0 aromatic heterocycles. The van der Waals surface area contributed by atoms with E-state index in [9.17, 15) is 9.59 Å². The Balaban J connectivity index is 1.52. The highest BCUT2D eigenvalue weighted by molar-refractivity contribution is 6.08.